The molecule has 1 amide bonds. The van der Waals surface area contributed by atoms with Gasteiger partial charge in [-0.05, 0) is 80.0 Å². The molecule has 5 nitrogen and oxygen atoms in total. The third kappa shape index (κ3) is 6.04. The lowest BCUT2D eigenvalue weighted by molar-refractivity contribution is 0.0955. The van der Waals surface area contributed by atoms with Crippen LogP contribution in [0.5, 0.6) is 11.5 Å². The predicted octanol–water partition coefficient (Wildman–Crippen LogP) is 5.41. The van der Waals surface area contributed by atoms with Gasteiger partial charge in [-0.2, -0.15) is 5.10 Å². The van der Waals surface area contributed by atoms with E-state index in [0.717, 1.165) is 19.2 Å². The summed E-state index contributed by atoms with van der Waals surface area (Å²) in [7, 11) is 1.58. The molecule has 0 saturated heterocycles. The molecule has 0 unspecified atom stereocenters. The van der Waals surface area contributed by atoms with Crippen LogP contribution in [0.2, 0.25) is 0 Å². The van der Waals surface area contributed by atoms with Gasteiger partial charge in [-0.15, -0.1) is 0 Å². The zero-order valence-electron chi connectivity index (χ0n) is 15.6. The number of hydrogen-bond acceptors (Lipinski definition) is 4. The van der Waals surface area contributed by atoms with Crippen molar-refractivity contribution in [1.29, 1.82) is 0 Å². The zero-order chi connectivity index (χ0) is 20.6. The van der Waals surface area contributed by atoms with Crippen LogP contribution in [-0.2, 0) is 6.61 Å². The maximum Gasteiger partial charge on any atom is 0.271 e. The number of halogens is 2. The minimum Gasteiger partial charge on any atom is -0.493 e. The second-order valence-corrected chi connectivity index (χ2v) is 8.12. The summed E-state index contributed by atoms with van der Waals surface area (Å²) in [6.07, 6.45) is 1.56. The van der Waals surface area contributed by atoms with Crippen molar-refractivity contribution in [1.82, 2.24) is 5.43 Å². The van der Waals surface area contributed by atoms with E-state index in [4.69, 9.17) is 9.47 Å². The molecule has 0 aromatic heterocycles. The lowest BCUT2D eigenvalue weighted by atomic mass is 10.2. The Morgan fingerprint density at radius 3 is 2.66 bits per heavy atom. The molecular weight excluding hydrogens is 547 g/mol. The minimum absolute atomic E-state index is 0.270. The molecule has 0 saturated carbocycles. The first-order valence-electron chi connectivity index (χ1n) is 8.70. The minimum atomic E-state index is -0.270. The van der Waals surface area contributed by atoms with Crippen LogP contribution >= 0.6 is 38.5 Å². The van der Waals surface area contributed by atoms with Crippen LogP contribution in [0, 0.1) is 3.57 Å². The number of amides is 1. The van der Waals surface area contributed by atoms with Gasteiger partial charge >= 0.3 is 0 Å². The molecule has 1 N–H and O–H groups in total. The molecule has 0 fully saturated rings. The fourth-order valence-corrected chi connectivity index (χ4v) is 3.66. The van der Waals surface area contributed by atoms with Crippen LogP contribution in [0.4, 0.5) is 0 Å². The normalized spacial score (nSPS) is 10.7. The molecule has 0 atom stereocenters. The summed E-state index contributed by atoms with van der Waals surface area (Å²) in [5.41, 5.74) is 4.90. The number of hydrogen-bond donors (Lipinski definition) is 1. The third-order valence-corrected chi connectivity index (χ3v) is 5.20. The maximum atomic E-state index is 12.2. The summed E-state index contributed by atoms with van der Waals surface area (Å²) >= 11 is 5.68. The van der Waals surface area contributed by atoms with E-state index in [2.05, 4.69) is 49.0 Å². The second kappa shape index (κ2) is 10.4. The number of nitrogens with zero attached hydrogens (tertiary/aromatic N) is 1. The van der Waals surface area contributed by atoms with Crippen LogP contribution in [0.15, 0.2) is 76.3 Å². The fraction of sp³-hybridized carbons (Fsp3) is 0.0909. The summed E-state index contributed by atoms with van der Waals surface area (Å²) in [6.45, 7) is 0.426. The molecule has 3 aromatic carbocycles. The molecule has 0 spiro atoms. The highest BCUT2D eigenvalue weighted by Gasteiger charge is 2.12. The van der Waals surface area contributed by atoms with E-state index in [0.29, 0.717) is 23.7 Å². The predicted molar refractivity (Wildman–Crippen MR) is 126 cm³/mol. The molecule has 3 rings (SSSR count). The van der Waals surface area contributed by atoms with E-state index >= 15 is 0 Å². The van der Waals surface area contributed by atoms with Gasteiger partial charge in [0.25, 0.3) is 5.91 Å². The van der Waals surface area contributed by atoms with Gasteiger partial charge < -0.3 is 9.47 Å². The topological polar surface area (TPSA) is 59.9 Å². The van der Waals surface area contributed by atoms with Crippen molar-refractivity contribution in [3.8, 4) is 11.5 Å². The zero-order valence-corrected chi connectivity index (χ0v) is 19.3. The summed E-state index contributed by atoms with van der Waals surface area (Å²) in [5.74, 6) is 0.908. The van der Waals surface area contributed by atoms with E-state index in [1.807, 2.05) is 48.5 Å². The Labute approximate surface area is 191 Å². The number of carbonyl (C=O) groups excluding carboxylic acids is 1. The number of methoxy groups -OCH3 is 1. The van der Waals surface area contributed by atoms with Gasteiger partial charge in [0, 0.05) is 9.13 Å². The van der Waals surface area contributed by atoms with Crippen LogP contribution < -0.4 is 14.9 Å². The number of carbonyl (C=O) groups is 1. The third-order valence-electron chi connectivity index (χ3n) is 3.94. The molecular formula is C22H18BrIN2O3. The van der Waals surface area contributed by atoms with Gasteiger partial charge in [-0.3, -0.25) is 4.79 Å². The summed E-state index contributed by atoms with van der Waals surface area (Å²) < 4.78 is 13.1. The molecule has 29 heavy (non-hydrogen) atoms. The molecule has 3 aromatic rings. The fourth-order valence-electron chi connectivity index (χ4n) is 2.54. The van der Waals surface area contributed by atoms with Gasteiger partial charge in [0.05, 0.1) is 17.8 Å². The highest BCUT2D eigenvalue weighted by Crippen LogP contribution is 2.36. The summed E-state index contributed by atoms with van der Waals surface area (Å²) in [5, 5.41) is 4.04. The number of hydrazone groups is 1. The monoisotopic (exact) mass is 564 g/mol. The summed E-state index contributed by atoms with van der Waals surface area (Å²) in [4.78, 5) is 12.2. The van der Waals surface area contributed by atoms with Gasteiger partial charge in [0.15, 0.2) is 11.5 Å². The molecule has 0 bridgehead atoms. The molecule has 0 heterocycles. The molecule has 148 valence electrons. The van der Waals surface area contributed by atoms with Crippen molar-refractivity contribution in [2.24, 2.45) is 5.10 Å². The van der Waals surface area contributed by atoms with Crippen molar-refractivity contribution in [2.75, 3.05) is 7.11 Å². The average molecular weight is 565 g/mol. The molecule has 0 aliphatic heterocycles. The van der Waals surface area contributed by atoms with Crippen LogP contribution in [0.3, 0.4) is 0 Å². The Morgan fingerprint density at radius 1 is 1.14 bits per heavy atom. The first-order valence-corrected chi connectivity index (χ1v) is 10.6. The average Bonchev–Trinajstić information content (AvgIpc) is 2.73. The number of rotatable bonds is 7. The Morgan fingerprint density at radius 2 is 1.93 bits per heavy atom. The largest absolute Gasteiger partial charge is 0.493 e. The van der Waals surface area contributed by atoms with Gasteiger partial charge in [-0.25, -0.2) is 5.43 Å². The van der Waals surface area contributed by atoms with Crippen molar-refractivity contribution < 1.29 is 14.3 Å². The van der Waals surface area contributed by atoms with Crippen molar-refractivity contribution in [3.63, 3.8) is 0 Å². The number of nitrogens with one attached hydrogen (secondary N) is 1. The Balaban J connectivity index is 1.69. The Hall–Kier alpha value is -2.39. The highest BCUT2D eigenvalue weighted by molar-refractivity contribution is 14.1. The molecule has 0 aliphatic rings. The summed E-state index contributed by atoms with van der Waals surface area (Å²) in [6, 6.07) is 20.8. The highest BCUT2D eigenvalue weighted by atomic mass is 127. The second-order valence-electron chi connectivity index (χ2n) is 6.02. The number of benzene rings is 3. The number of ether oxygens (including phenoxy) is 2. The van der Waals surface area contributed by atoms with E-state index < -0.39 is 0 Å². The Kier molecular flexibility index (Phi) is 7.65. The van der Waals surface area contributed by atoms with Crippen LogP contribution in [0.1, 0.15) is 21.5 Å². The lowest BCUT2D eigenvalue weighted by Crippen LogP contribution is -2.17. The SMILES string of the molecule is COc1cc(/C=N\NC(=O)c2cccc(I)c2)cc(Br)c1OCc1ccccc1. The van der Waals surface area contributed by atoms with Crippen molar-refractivity contribution in [3.05, 3.63) is 91.5 Å². The molecule has 0 radical (unpaired) electrons. The molecule has 7 heteroatoms. The lowest BCUT2D eigenvalue weighted by Gasteiger charge is -2.13. The first kappa shape index (κ1) is 21.3. The first-order chi connectivity index (χ1) is 14.1. The standard InChI is InChI=1S/C22H18BrIN2O3/c1-28-20-11-16(13-25-26-22(27)17-8-5-9-18(24)12-17)10-19(23)21(20)29-14-15-6-3-2-4-7-15/h2-13H,14H2,1H3,(H,26,27)/b25-13-. The van der Waals surface area contributed by atoms with Gasteiger partial charge in [0.2, 0.25) is 0 Å². The van der Waals surface area contributed by atoms with E-state index in [1.54, 1.807) is 31.5 Å². The van der Waals surface area contributed by atoms with E-state index in [9.17, 15) is 4.79 Å². The van der Waals surface area contributed by atoms with Crippen LogP contribution in [0.25, 0.3) is 0 Å². The van der Waals surface area contributed by atoms with E-state index in [1.165, 1.54) is 0 Å². The van der Waals surface area contributed by atoms with Gasteiger partial charge in [-0.1, -0.05) is 36.4 Å². The smallest absolute Gasteiger partial charge is 0.271 e. The van der Waals surface area contributed by atoms with Gasteiger partial charge in [0.1, 0.15) is 6.61 Å². The van der Waals surface area contributed by atoms with Crippen LogP contribution in [-0.4, -0.2) is 19.2 Å². The van der Waals surface area contributed by atoms with Crippen molar-refractivity contribution >= 4 is 50.6 Å². The molecule has 0 aliphatic carbocycles. The van der Waals surface area contributed by atoms with Crippen molar-refractivity contribution in [2.45, 2.75) is 6.61 Å². The Bertz CT molecular complexity index is 1030. The maximum absolute atomic E-state index is 12.2. The van der Waals surface area contributed by atoms with E-state index in [-0.39, 0.29) is 5.91 Å². The quantitative estimate of drug-likeness (QED) is 0.237.